The molecule has 32 heavy (non-hydrogen) atoms. The van der Waals surface area contributed by atoms with Gasteiger partial charge in [-0.05, 0) is 49.6 Å². The molecule has 0 N–H and O–H groups in total. The Balaban J connectivity index is 1.65. The molecule has 2 aromatic carbocycles. The third-order valence-corrected chi connectivity index (χ3v) is 6.59. The predicted octanol–water partition coefficient (Wildman–Crippen LogP) is 5.03. The maximum atomic E-state index is 9.97. The molecule has 0 unspecified atom stereocenters. The molecule has 5 rings (SSSR count). The van der Waals surface area contributed by atoms with E-state index in [-0.39, 0.29) is 0 Å². The van der Waals surface area contributed by atoms with Crippen LogP contribution in [-0.2, 0) is 6.42 Å². The molecule has 0 bridgehead atoms. The van der Waals surface area contributed by atoms with E-state index in [4.69, 9.17) is 4.98 Å². The molecule has 4 aromatic rings. The van der Waals surface area contributed by atoms with Crippen LogP contribution in [0.25, 0.3) is 16.7 Å². The van der Waals surface area contributed by atoms with Crippen molar-refractivity contribution in [3.8, 4) is 6.07 Å². The SMILES string of the molecule is C=CCc1c(C)c(C#N)c2nc3ccccc3n2c1N1CCN(c2ccccc2C)CC1. The third-order valence-electron chi connectivity index (χ3n) is 6.59. The van der Waals surface area contributed by atoms with Gasteiger partial charge in [0.15, 0.2) is 5.65 Å². The van der Waals surface area contributed by atoms with E-state index in [1.165, 1.54) is 11.3 Å². The summed E-state index contributed by atoms with van der Waals surface area (Å²) >= 11 is 0. The van der Waals surface area contributed by atoms with Crippen LogP contribution < -0.4 is 9.80 Å². The number of imidazole rings is 1. The summed E-state index contributed by atoms with van der Waals surface area (Å²) in [6, 6.07) is 19.2. The molecule has 1 fully saturated rings. The summed E-state index contributed by atoms with van der Waals surface area (Å²) in [5.74, 6) is 1.15. The molecule has 0 radical (unpaired) electrons. The number of anilines is 2. The number of benzene rings is 2. The van der Waals surface area contributed by atoms with E-state index < -0.39 is 0 Å². The van der Waals surface area contributed by atoms with Gasteiger partial charge in [0.2, 0.25) is 0 Å². The smallest absolute Gasteiger partial charge is 0.157 e. The highest BCUT2D eigenvalue weighted by atomic mass is 15.3. The fourth-order valence-electron chi connectivity index (χ4n) is 4.96. The topological polar surface area (TPSA) is 47.6 Å². The minimum atomic E-state index is 0.653. The van der Waals surface area contributed by atoms with Gasteiger partial charge in [-0.25, -0.2) is 4.98 Å². The molecule has 160 valence electrons. The lowest BCUT2D eigenvalue weighted by atomic mass is 10.0. The first kappa shape index (κ1) is 20.1. The maximum Gasteiger partial charge on any atom is 0.157 e. The van der Waals surface area contributed by atoms with E-state index >= 15 is 0 Å². The quantitative estimate of drug-likeness (QED) is 0.434. The molecule has 1 aliphatic heterocycles. The van der Waals surface area contributed by atoms with Crippen molar-refractivity contribution in [1.29, 1.82) is 5.26 Å². The number of para-hydroxylation sites is 3. The summed E-state index contributed by atoms with van der Waals surface area (Å²) in [4.78, 5) is 9.79. The van der Waals surface area contributed by atoms with Gasteiger partial charge >= 0.3 is 0 Å². The summed E-state index contributed by atoms with van der Waals surface area (Å²) in [5, 5.41) is 9.97. The largest absolute Gasteiger partial charge is 0.368 e. The van der Waals surface area contributed by atoms with Crippen molar-refractivity contribution in [2.24, 2.45) is 0 Å². The van der Waals surface area contributed by atoms with E-state index in [1.807, 2.05) is 31.2 Å². The highest BCUT2D eigenvalue weighted by Gasteiger charge is 2.26. The van der Waals surface area contributed by atoms with Gasteiger partial charge < -0.3 is 9.80 Å². The molecule has 0 spiro atoms. The van der Waals surface area contributed by atoms with E-state index in [9.17, 15) is 5.26 Å². The number of aromatic nitrogens is 2. The lowest BCUT2D eigenvalue weighted by Crippen LogP contribution is -2.47. The highest BCUT2D eigenvalue weighted by Crippen LogP contribution is 2.34. The molecule has 2 aromatic heterocycles. The second-order valence-electron chi connectivity index (χ2n) is 8.43. The molecule has 0 atom stereocenters. The molecule has 5 heteroatoms. The number of fused-ring (bicyclic) bond motifs is 3. The second-order valence-corrected chi connectivity index (χ2v) is 8.43. The van der Waals surface area contributed by atoms with Gasteiger partial charge in [-0.2, -0.15) is 5.26 Å². The van der Waals surface area contributed by atoms with Crippen molar-refractivity contribution < 1.29 is 0 Å². The van der Waals surface area contributed by atoms with Crippen LogP contribution in [0.15, 0.2) is 61.2 Å². The van der Waals surface area contributed by atoms with Crippen molar-refractivity contribution in [2.45, 2.75) is 20.3 Å². The Morgan fingerprint density at radius 3 is 2.41 bits per heavy atom. The zero-order valence-corrected chi connectivity index (χ0v) is 18.7. The van der Waals surface area contributed by atoms with Crippen molar-refractivity contribution in [3.63, 3.8) is 0 Å². The third kappa shape index (κ3) is 3.11. The molecule has 5 nitrogen and oxygen atoms in total. The molecule has 1 saturated heterocycles. The van der Waals surface area contributed by atoms with Crippen LogP contribution in [0, 0.1) is 25.2 Å². The van der Waals surface area contributed by atoms with Crippen molar-refractivity contribution in [2.75, 3.05) is 36.0 Å². The monoisotopic (exact) mass is 421 g/mol. The van der Waals surface area contributed by atoms with Crippen LogP contribution in [0.4, 0.5) is 11.5 Å². The van der Waals surface area contributed by atoms with Crippen molar-refractivity contribution in [1.82, 2.24) is 9.38 Å². The van der Waals surface area contributed by atoms with Gasteiger partial charge in [0, 0.05) is 37.4 Å². The number of nitriles is 1. The van der Waals surface area contributed by atoms with E-state index in [1.54, 1.807) is 0 Å². The van der Waals surface area contributed by atoms with Crippen LogP contribution in [0.1, 0.15) is 22.3 Å². The minimum absolute atomic E-state index is 0.653. The molecular formula is C27H27N5. The average molecular weight is 422 g/mol. The van der Waals surface area contributed by atoms with E-state index in [0.29, 0.717) is 5.56 Å². The van der Waals surface area contributed by atoms with Gasteiger partial charge in [-0.1, -0.05) is 36.4 Å². The first-order valence-electron chi connectivity index (χ1n) is 11.1. The Bertz CT molecular complexity index is 1370. The molecule has 0 saturated carbocycles. The highest BCUT2D eigenvalue weighted by molar-refractivity contribution is 5.86. The summed E-state index contributed by atoms with van der Waals surface area (Å²) in [7, 11) is 0. The van der Waals surface area contributed by atoms with Crippen LogP contribution in [0.5, 0.6) is 0 Å². The number of allylic oxidation sites excluding steroid dienone is 1. The lowest BCUT2D eigenvalue weighted by Gasteiger charge is -2.39. The fraction of sp³-hybridized carbons (Fsp3) is 0.259. The number of hydrogen-bond acceptors (Lipinski definition) is 4. The Labute approximate surface area is 188 Å². The van der Waals surface area contributed by atoms with E-state index in [2.05, 4.69) is 64.1 Å². The Hall–Kier alpha value is -3.78. The first-order chi connectivity index (χ1) is 15.6. The maximum absolute atomic E-state index is 9.97. The number of piperazine rings is 1. The van der Waals surface area contributed by atoms with Crippen LogP contribution >= 0.6 is 0 Å². The molecular weight excluding hydrogens is 394 g/mol. The van der Waals surface area contributed by atoms with Crippen molar-refractivity contribution in [3.05, 3.63) is 83.4 Å². The van der Waals surface area contributed by atoms with Gasteiger partial charge in [0.1, 0.15) is 11.9 Å². The van der Waals surface area contributed by atoms with Crippen LogP contribution in [0.3, 0.4) is 0 Å². The average Bonchev–Trinajstić information content (AvgIpc) is 3.19. The molecule has 3 heterocycles. The number of nitrogens with zero attached hydrogens (tertiary/aromatic N) is 5. The lowest BCUT2D eigenvalue weighted by molar-refractivity contribution is 0.642. The zero-order valence-electron chi connectivity index (χ0n) is 18.7. The standard InChI is InChI=1S/C27H27N5/c1-4-9-21-20(3)22(18-28)26-29-23-11-6-8-13-25(23)32(26)27(21)31-16-14-30(15-17-31)24-12-7-5-10-19(24)2/h4-8,10-13H,1,9,14-17H2,2-3H3. The Morgan fingerprint density at radius 1 is 1.00 bits per heavy atom. The molecule has 0 aliphatic carbocycles. The summed E-state index contributed by atoms with van der Waals surface area (Å²) in [6.07, 6.45) is 2.65. The first-order valence-corrected chi connectivity index (χ1v) is 11.1. The van der Waals surface area contributed by atoms with Crippen LogP contribution in [-0.4, -0.2) is 35.6 Å². The van der Waals surface area contributed by atoms with Crippen molar-refractivity contribution >= 4 is 28.2 Å². The fourth-order valence-corrected chi connectivity index (χ4v) is 4.96. The predicted molar refractivity (Wildman–Crippen MR) is 132 cm³/mol. The van der Waals surface area contributed by atoms with Gasteiger partial charge in [-0.15, -0.1) is 6.58 Å². The van der Waals surface area contributed by atoms with Crippen LogP contribution in [0.2, 0.25) is 0 Å². The number of rotatable bonds is 4. The van der Waals surface area contributed by atoms with E-state index in [0.717, 1.165) is 66.2 Å². The Morgan fingerprint density at radius 2 is 1.69 bits per heavy atom. The van der Waals surface area contributed by atoms with Gasteiger partial charge in [0.05, 0.1) is 16.6 Å². The van der Waals surface area contributed by atoms with Gasteiger partial charge in [0.25, 0.3) is 0 Å². The minimum Gasteiger partial charge on any atom is -0.368 e. The summed E-state index contributed by atoms with van der Waals surface area (Å²) in [6.45, 7) is 11.9. The normalized spacial score (nSPS) is 14.2. The number of aryl methyl sites for hydroxylation is 1. The molecule has 1 aliphatic rings. The number of pyridine rings is 1. The second kappa shape index (κ2) is 8.05. The zero-order chi connectivity index (χ0) is 22.2. The Kier molecular flexibility index (Phi) is 5.07. The molecule has 0 amide bonds. The summed E-state index contributed by atoms with van der Waals surface area (Å²) < 4.78 is 2.20. The van der Waals surface area contributed by atoms with Gasteiger partial charge in [-0.3, -0.25) is 4.40 Å². The summed E-state index contributed by atoms with van der Waals surface area (Å²) in [5.41, 5.74) is 8.15. The number of hydrogen-bond donors (Lipinski definition) is 0.